The zero-order chi connectivity index (χ0) is 20.6. The monoisotopic (exact) mass is 477 g/mol. The molecule has 152 valence electrons. The van der Waals surface area contributed by atoms with Crippen LogP contribution in [0.4, 0.5) is 0 Å². The van der Waals surface area contributed by atoms with E-state index in [4.69, 9.17) is 21.1 Å². The minimum atomic E-state index is -0.137. The Balaban J connectivity index is 1.56. The summed E-state index contributed by atoms with van der Waals surface area (Å²) in [4.78, 5) is 12.5. The van der Waals surface area contributed by atoms with E-state index in [0.717, 1.165) is 23.0 Å². The van der Waals surface area contributed by atoms with Gasteiger partial charge in [-0.05, 0) is 64.8 Å². The lowest BCUT2D eigenvalue weighted by atomic mass is 10.1. The van der Waals surface area contributed by atoms with E-state index in [1.165, 1.54) is 0 Å². The van der Waals surface area contributed by atoms with Crippen molar-refractivity contribution in [3.8, 4) is 11.5 Å². The van der Waals surface area contributed by atoms with Gasteiger partial charge < -0.3 is 14.8 Å². The average molecular weight is 479 g/mol. The molecule has 1 heterocycles. The van der Waals surface area contributed by atoms with Crippen molar-refractivity contribution in [2.45, 2.75) is 19.6 Å². The second-order valence-corrected chi connectivity index (χ2v) is 7.65. The molecule has 0 atom stereocenters. The van der Waals surface area contributed by atoms with Gasteiger partial charge in [0.05, 0.1) is 17.8 Å². The first kappa shape index (κ1) is 21.2. The number of aromatic nitrogens is 2. The highest BCUT2D eigenvalue weighted by Crippen LogP contribution is 2.23. The maximum Gasteiger partial charge on any atom is 0.251 e. The van der Waals surface area contributed by atoms with Gasteiger partial charge in [-0.3, -0.25) is 9.48 Å². The number of benzene rings is 2. The summed E-state index contributed by atoms with van der Waals surface area (Å²) in [5.74, 6) is 1.22. The van der Waals surface area contributed by atoms with E-state index in [0.29, 0.717) is 28.6 Å². The van der Waals surface area contributed by atoms with Crippen LogP contribution in [0, 0.1) is 0 Å². The molecule has 8 heteroatoms. The number of nitrogens with zero attached hydrogens (tertiary/aromatic N) is 2. The molecular weight excluding hydrogens is 458 g/mol. The highest BCUT2D eigenvalue weighted by Gasteiger charge is 2.11. The standard InChI is InChI=1S/C21H21BrClN3O3/c1-28-20-8-3-15(11-16(20)14-29-19-6-4-18(23)5-7-19)21(27)24-9-2-10-26-13-17(22)12-25-26/h3-8,11-13H,2,9-10,14H2,1H3,(H,24,27). The number of amides is 1. The Hall–Kier alpha value is -2.51. The smallest absolute Gasteiger partial charge is 0.251 e. The highest BCUT2D eigenvalue weighted by molar-refractivity contribution is 9.10. The quantitative estimate of drug-likeness (QED) is 0.453. The molecule has 6 nitrogen and oxygen atoms in total. The fourth-order valence-corrected chi connectivity index (χ4v) is 3.18. The minimum Gasteiger partial charge on any atom is -0.496 e. The van der Waals surface area contributed by atoms with E-state index in [1.54, 1.807) is 55.8 Å². The Bertz CT molecular complexity index is 960. The fraction of sp³-hybridized carbons (Fsp3) is 0.238. The Morgan fingerprint density at radius 2 is 2.03 bits per heavy atom. The molecule has 0 unspecified atom stereocenters. The summed E-state index contributed by atoms with van der Waals surface area (Å²) in [6.07, 6.45) is 4.42. The van der Waals surface area contributed by atoms with Gasteiger partial charge in [-0.25, -0.2) is 0 Å². The number of methoxy groups -OCH3 is 1. The first-order chi connectivity index (χ1) is 14.0. The Morgan fingerprint density at radius 1 is 1.24 bits per heavy atom. The van der Waals surface area contributed by atoms with Crippen molar-refractivity contribution in [2.24, 2.45) is 0 Å². The minimum absolute atomic E-state index is 0.137. The summed E-state index contributed by atoms with van der Waals surface area (Å²) in [5.41, 5.74) is 1.35. The van der Waals surface area contributed by atoms with Gasteiger partial charge >= 0.3 is 0 Å². The summed E-state index contributed by atoms with van der Waals surface area (Å²) in [6.45, 7) is 1.56. The molecule has 0 spiro atoms. The molecule has 0 radical (unpaired) electrons. The number of carbonyl (C=O) groups excluding carboxylic acids is 1. The molecule has 0 aliphatic carbocycles. The van der Waals surface area contributed by atoms with Crippen molar-refractivity contribution in [1.29, 1.82) is 0 Å². The lowest BCUT2D eigenvalue weighted by Gasteiger charge is -2.12. The van der Waals surface area contributed by atoms with Crippen molar-refractivity contribution < 1.29 is 14.3 Å². The van der Waals surface area contributed by atoms with E-state index in [2.05, 4.69) is 26.3 Å². The Kier molecular flexibility index (Phi) is 7.55. The molecule has 0 fully saturated rings. The summed E-state index contributed by atoms with van der Waals surface area (Å²) >= 11 is 9.26. The molecule has 0 bridgehead atoms. The first-order valence-corrected chi connectivity index (χ1v) is 10.2. The van der Waals surface area contributed by atoms with Crippen LogP contribution in [-0.2, 0) is 13.2 Å². The number of carbonyl (C=O) groups is 1. The molecule has 29 heavy (non-hydrogen) atoms. The summed E-state index contributed by atoms with van der Waals surface area (Å²) in [7, 11) is 1.59. The third-order valence-corrected chi connectivity index (χ3v) is 4.86. The van der Waals surface area contributed by atoms with Crippen molar-refractivity contribution in [1.82, 2.24) is 15.1 Å². The van der Waals surface area contributed by atoms with Crippen LogP contribution in [0.15, 0.2) is 59.3 Å². The summed E-state index contributed by atoms with van der Waals surface area (Å²) in [6, 6.07) is 12.4. The molecule has 0 saturated carbocycles. The lowest BCUT2D eigenvalue weighted by Crippen LogP contribution is -2.25. The van der Waals surface area contributed by atoms with E-state index in [9.17, 15) is 4.79 Å². The van der Waals surface area contributed by atoms with E-state index >= 15 is 0 Å². The van der Waals surface area contributed by atoms with Crippen LogP contribution < -0.4 is 14.8 Å². The second-order valence-electron chi connectivity index (χ2n) is 6.30. The average Bonchev–Trinajstić information content (AvgIpc) is 3.15. The van der Waals surface area contributed by atoms with Crippen LogP contribution >= 0.6 is 27.5 Å². The van der Waals surface area contributed by atoms with E-state index in [1.807, 2.05) is 10.9 Å². The predicted molar refractivity (Wildman–Crippen MR) is 116 cm³/mol. The topological polar surface area (TPSA) is 65.4 Å². The van der Waals surface area contributed by atoms with Crippen LogP contribution in [0.25, 0.3) is 0 Å². The second kappa shape index (κ2) is 10.3. The van der Waals surface area contributed by atoms with Gasteiger partial charge in [-0.1, -0.05) is 11.6 Å². The van der Waals surface area contributed by atoms with Gasteiger partial charge in [-0.15, -0.1) is 0 Å². The SMILES string of the molecule is COc1ccc(C(=O)NCCCn2cc(Br)cn2)cc1COc1ccc(Cl)cc1. The number of rotatable bonds is 9. The molecule has 1 N–H and O–H groups in total. The molecule has 3 aromatic rings. The largest absolute Gasteiger partial charge is 0.496 e. The van der Waals surface area contributed by atoms with Crippen LogP contribution in [0.1, 0.15) is 22.3 Å². The molecule has 0 aliphatic heterocycles. The number of nitrogens with one attached hydrogen (secondary N) is 1. The predicted octanol–water partition coefficient (Wildman–Crippen LogP) is 4.71. The van der Waals surface area contributed by atoms with Crippen LogP contribution in [0.3, 0.4) is 0 Å². The zero-order valence-corrected chi connectivity index (χ0v) is 18.2. The Labute approximate surface area is 182 Å². The van der Waals surface area contributed by atoms with Gasteiger partial charge in [0.15, 0.2) is 0 Å². The van der Waals surface area contributed by atoms with Crippen molar-refractivity contribution in [3.63, 3.8) is 0 Å². The van der Waals surface area contributed by atoms with Crippen LogP contribution in [-0.4, -0.2) is 29.3 Å². The maximum atomic E-state index is 12.5. The third-order valence-electron chi connectivity index (χ3n) is 4.20. The molecule has 1 aromatic heterocycles. The Morgan fingerprint density at radius 3 is 2.72 bits per heavy atom. The van der Waals surface area contributed by atoms with Crippen molar-refractivity contribution in [3.05, 3.63) is 75.5 Å². The maximum absolute atomic E-state index is 12.5. The van der Waals surface area contributed by atoms with Gasteiger partial charge in [0.25, 0.3) is 5.91 Å². The number of halogens is 2. The first-order valence-electron chi connectivity index (χ1n) is 9.06. The molecule has 1 amide bonds. The van der Waals surface area contributed by atoms with E-state index in [-0.39, 0.29) is 12.5 Å². The van der Waals surface area contributed by atoms with E-state index < -0.39 is 0 Å². The van der Waals surface area contributed by atoms with Crippen molar-refractivity contribution >= 4 is 33.4 Å². The molecule has 2 aromatic carbocycles. The highest BCUT2D eigenvalue weighted by atomic mass is 79.9. The van der Waals surface area contributed by atoms with Crippen LogP contribution in [0.2, 0.25) is 5.02 Å². The number of hydrogen-bond donors (Lipinski definition) is 1. The van der Waals surface area contributed by atoms with Gasteiger partial charge in [-0.2, -0.15) is 5.10 Å². The van der Waals surface area contributed by atoms with Crippen molar-refractivity contribution in [2.75, 3.05) is 13.7 Å². The number of hydrogen-bond acceptors (Lipinski definition) is 4. The molecule has 0 aliphatic rings. The van der Waals surface area contributed by atoms with Crippen LogP contribution in [0.5, 0.6) is 11.5 Å². The van der Waals surface area contributed by atoms with Gasteiger partial charge in [0.2, 0.25) is 0 Å². The lowest BCUT2D eigenvalue weighted by molar-refractivity contribution is 0.0952. The summed E-state index contributed by atoms with van der Waals surface area (Å²) in [5, 5.41) is 7.77. The van der Waals surface area contributed by atoms with Gasteiger partial charge in [0.1, 0.15) is 18.1 Å². The molecule has 0 saturated heterocycles. The fourth-order valence-electron chi connectivity index (χ4n) is 2.73. The zero-order valence-electron chi connectivity index (χ0n) is 15.9. The number of ether oxygens (including phenoxy) is 2. The molecular formula is C21H21BrClN3O3. The van der Waals surface area contributed by atoms with Gasteiger partial charge in [0, 0.05) is 35.4 Å². The third kappa shape index (κ3) is 6.24. The number of aryl methyl sites for hydroxylation is 1. The molecule has 3 rings (SSSR count). The summed E-state index contributed by atoms with van der Waals surface area (Å²) < 4.78 is 13.9. The normalized spacial score (nSPS) is 10.6.